The van der Waals surface area contributed by atoms with Crippen molar-refractivity contribution >= 4 is 5.96 Å². The van der Waals surface area contributed by atoms with Crippen LogP contribution in [-0.2, 0) is 6.42 Å². The third-order valence-corrected chi connectivity index (χ3v) is 4.04. The van der Waals surface area contributed by atoms with Crippen molar-refractivity contribution in [3.05, 3.63) is 23.8 Å². The van der Waals surface area contributed by atoms with Crippen molar-refractivity contribution in [2.75, 3.05) is 26.4 Å². The van der Waals surface area contributed by atoms with Crippen molar-refractivity contribution < 1.29 is 9.47 Å². The first kappa shape index (κ1) is 14.0. The molecule has 5 nitrogen and oxygen atoms in total. The number of guanidine groups is 1. The third kappa shape index (κ3) is 3.60. The molecule has 0 amide bonds. The predicted molar refractivity (Wildman–Crippen MR) is 82.8 cm³/mol. The molecule has 1 aromatic carbocycles. The highest BCUT2D eigenvalue weighted by atomic mass is 16.7. The minimum atomic E-state index is 0.318. The maximum absolute atomic E-state index is 6.10. The quantitative estimate of drug-likeness (QED) is 0.684. The lowest BCUT2D eigenvalue weighted by atomic mass is 10.1. The molecule has 0 atom stereocenters. The number of ether oxygens (including phenoxy) is 2. The second kappa shape index (κ2) is 6.70. The van der Waals surface area contributed by atoms with Crippen LogP contribution in [0.4, 0.5) is 0 Å². The van der Waals surface area contributed by atoms with E-state index < -0.39 is 0 Å². The number of aliphatic imine (C=N–C) groups is 1. The maximum atomic E-state index is 6.10. The largest absolute Gasteiger partial charge is 0.454 e. The summed E-state index contributed by atoms with van der Waals surface area (Å²) in [7, 11) is 0. The molecule has 2 aliphatic rings. The Hall–Kier alpha value is -1.91. The van der Waals surface area contributed by atoms with Gasteiger partial charge in [-0.15, -0.1) is 0 Å². The Morgan fingerprint density at radius 1 is 1.10 bits per heavy atom. The second-order valence-electron chi connectivity index (χ2n) is 5.58. The van der Waals surface area contributed by atoms with E-state index in [2.05, 4.69) is 16.0 Å². The van der Waals surface area contributed by atoms with E-state index in [9.17, 15) is 0 Å². The van der Waals surface area contributed by atoms with E-state index in [0.29, 0.717) is 19.3 Å². The summed E-state index contributed by atoms with van der Waals surface area (Å²) in [5.74, 6) is 2.35. The normalized spacial score (nSPS) is 18.7. The fourth-order valence-electron chi connectivity index (χ4n) is 2.80. The molecule has 2 aliphatic heterocycles. The lowest BCUT2D eigenvalue weighted by Gasteiger charge is -2.21. The summed E-state index contributed by atoms with van der Waals surface area (Å²) < 4.78 is 10.7. The minimum Gasteiger partial charge on any atom is -0.454 e. The molecule has 0 saturated carbocycles. The van der Waals surface area contributed by atoms with Crippen LogP contribution < -0.4 is 15.2 Å². The van der Waals surface area contributed by atoms with Gasteiger partial charge in [-0.2, -0.15) is 0 Å². The molecule has 0 bridgehead atoms. The molecule has 2 heterocycles. The molecule has 0 aliphatic carbocycles. The van der Waals surface area contributed by atoms with Crippen LogP contribution >= 0.6 is 0 Å². The molecule has 0 spiro atoms. The highest BCUT2D eigenvalue weighted by Gasteiger charge is 2.13. The van der Waals surface area contributed by atoms with Gasteiger partial charge in [0.05, 0.1) is 0 Å². The van der Waals surface area contributed by atoms with Gasteiger partial charge in [-0.05, 0) is 37.0 Å². The lowest BCUT2D eigenvalue weighted by Crippen LogP contribution is -2.38. The van der Waals surface area contributed by atoms with E-state index in [1.165, 1.54) is 31.2 Å². The topological polar surface area (TPSA) is 60.1 Å². The lowest BCUT2D eigenvalue weighted by molar-refractivity contribution is 0.174. The molecular weight excluding hydrogens is 266 g/mol. The Labute approximate surface area is 125 Å². The van der Waals surface area contributed by atoms with Crippen LogP contribution in [0.5, 0.6) is 11.5 Å². The van der Waals surface area contributed by atoms with Crippen molar-refractivity contribution in [1.82, 2.24) is 4.90 Å². The monoisotopic (exact) mass is 289 g/mol. The summed E-state index contributed by atoms with van der Waals surface area (Å²) in [6, 6.07) is 6.05. The van der Waals surface area contributed by atoms with Crippen LogP contribution in [0.25, 0.3) is 0 Å². The number of nitrogens with zero attached hydrogens (tertiary/aromatic N) is 2. The van der Waals surface area contributed by atoms with Gasteiger partial charge in [-0.25, -0.2) is 0 Å². The summed E-state index contributed by atoms with van der Waals surface area (Å²) in [5, 5.41) is 0. The van der Waals surface area contributed by atoms with Gasteiger partial charge >= 0.3 is 0 Å². The molecule has 114 valence electrons. The average Bonchev–Trinajstić information content (AvgIpc) is 2.79. The average molecular weight is 289 g/mol. The molecule has 2 N–H and O–H groups in total. The number of hydrogen-bond acceptors (Lipinski definition) is 3. The predicted octanol–water partition coefficient (Wildman–Crippen LogP) is 2.15. The summed E-state index contributed by atoms with van der Waals surface area (Å²) >= 11 is 0. The van der Waals surface area contributed by atoms with E-state index in [1.54, 1.807) is 0 Å². The number of hydrogen-bond donors (Lipinski definition) is 1. The van der Waals surface area contributed by atoms with Gasteiger partial charge in [0.15, 0.2) is 17.5 Å². The highest BCUT2D eigenvalue weighted by Crippen LogP contribution is 2.32. The van der Waals surface area contributed by atoms with Crippen LogP contribution in [0.3, 0.4) is 0 Å². The Morgan fingerprint density at radius 3 is 2.67 bits per heavy atom. The van der Waals surface area contributed by atoms with E-state index >= 15 is 0 Å². The van der Waals surface area contributed by atoms with Crippen molar-refractivity contribution in [2.45, 2.75) is 32.1 Å². The molecule has 3 rings (SSSR count). The van der Waals surface area contributed by atoms with Crippen molar-refractivity contribution in [3.63, 3.8) is 0 Å². The Morgan fingerprint density at radius 2 is 1.86 bits per heavy atom. The standard InChI is InChI=1S/C16H23N3O2/c17-16(19-9-3-1-2-4-10-19)18-8-7-13-5-6-14-15(11-13)21-12-20-14/h5-6,11H,1-4,7-10,12H2,(H2,17,18). The molecular formula is C16H23N3O2. The first-order valence-corrected chi connectivity index (χ1v) is 7.76. The summed E-state index contributed by atoms with van der Waals surface area (Å²) in [6.07, 6.45) is 5.92. The van der Waals surface area contributed by atoms with Gasteiger partial charge in [-0.1, -0.05) is 18.9 Å². The van der Waals surface area contributed by atoms with Crippen LogP contribution in [0.1, 0.15) is 31.2 Å². The van der Waals surface area contributed by atoms with Gasteiger partial charge in [0.25, 0.3) is 0 Å². The van der Waals surface area contributed by atoms with E-state index in [4.69, 9.17) is 15.2 Å². The summed E-state index contributed by atoms with van der Waals surface area (Å²) in [6.45, 7) is 3.11. The van der Waals surface area contributed by atoms with Gasteiger partial charge in [0.1, 0.15) is 0 Å². The number of nitrogens with two attached hydrogens (primary N) is 1. The van der Waals surface area contributed by atoms with E-state index in [0.717, 1.165) is 31.0 Å². The second-order valence-corrected chi connectivity index (χ2v) is 5.58. The first-order chi connectivity index (χ1) is 10.3. The number of benzene rings is 1. The SMILES string of the molecule is NC(=NCCc1ccc2c(c1)OCO2)N1CCCCCC1. The minimum absolute atomic E-state index is 0.318. The zero-order chi connectivity index (χ0) is 14.5. The zero-order valence-electron chi connectivity index (χ0n) is 12.4. The first-order valence-electron chi connectivity index (χ1n) is 7.76. The number of likely N-dealkylation sites (tertiary alicyclic amines) is 1. The molecule has 21 heavy (non-hydrogen) atoms. The van der Waals surface area contributed by atoms with Crippen molar-refractivity contribution in [1.29, 1.82) is 0 Å². The third-order valence-electron chi connectivity index (χ3n) is 4.04. The van der Waals surface area contributed by atoms with Crippen molar-refractivity contribution in [3.8, 4) is 11.5 Å². The summed E-state index contributed by atoms with van der Waals surface area (Å²) in [5.41, 5.74) is 7.30. The molecule has 0 aromatic heterocycles. The maximum Gasteiger partial charge on any atom is 0.231 e. The van der Waals surface area contributed by atoms with Crippen molar-refractivity contribution in [2.24, 2.45) is 10.7 Å². The molecule has 0 unspecified atom stereocenters. The van der Waals surface area contributed by atoms with Gasteiger partial charge < -0.3 is 20.1 Å². The van der Waals surface area contributed by atoms with Crippen LogP contribution in [0.15, 0.2) is 23.2 Å². The Kier molecular flexibility index (Phi) is 4.48. The molecule has 0 radical (unpaired) electrons. The zero-order valence-corrected chi connectivity index (χ0v) is 12.4. The number of fused-ring (bicyclic) bond motifs is 1. The van der Waals surface area contributed by atoms with Gasteiger partial charge in [-0.3, -0.25) is 4.99 Å². The number of rotatable bonds is 3. The van der Waals surface area contributed by atoms with Crippen LogP contribution in [0.2, 0.25) is 0 Å². The highest BCUT2D eigenvalue weighted by molar-refractivity contribution is 5.78. The van der Waals surface area contributed by atoms with Crippen LogP contribution in [0, 0.1) is 0 Å². The Balaban J connectivity index is 1.53. The smallest absolute Gasteiger partial charge is 0.231 e. The summed E-state index contributed by atoms with van der Waals surface area (Å²) in [4.78, 5) is 6.74. The van der Waals surface area contributed by atoms with Crippen LogP contribution in [-0.4, -0.2) is 37.3 Å². The molecule has 1 saturated heterocycles. The van der Waals surface area contributed by atoms with E-state index in [-0.39, 0.29) is 0 Å². The Bertz CT molecular complexity index is 508. The molecule has 5 heteroatoms. The molecule has 1 aromatic rings. The fourth-order valence-corrected chi connectivity index (χ4v) is 2.80. The van der Waals surface area contributed by atoms with Gasteiger partial charge in [0.2, 0.25) is 6.79 Å². The van der Waals surface area contributed by atoms with Gasteiger partial charge in [0, 0.05) is 19.6 Å². The fraction of sp³-hybridized carbons (Fsp3) is 0.562. The van der Waals surface area contributed by atoms with E-state index in [1.807, 2.05) is 12.1 Å². The molecule has 1 fully saturated rings.